The number of aliphatic hydroxyl groups is 1. The second-order valence-corrected chi connectivity index (χ2v) is 5.95. The van der Waals surface area contributed by atoms with Crippen molar-refractivity contribution in [1.29, 1.82) is 0 Å². The molecule has 0 unspecified atom stereocenters. The molecule has 2 N–H and O–H groups in total. The molecule has 0 aliphatic rings. The zero-order valence-electron chi connectivity index (χ0n) is 10.3. The van der Waals surface area contributed by atoms with Crippen LogP contribution in [-0.4, -0.2) is 22.5 Å². The average Bonchev–Trinajstić information content (AvgIpc) is 2.82. The van der Waals surface area contributed by atoms with E-state index in [0.29, 0.717) is 5.56 Å². The highest BCUT2D eigenvalue weighted by Crippen LogP contribution is 2.23. The van der Waals surface area contributed by atoms with Gasteiger partial charge in [0, 0.05) is 28.3 Å². The molecule has 0 radical (unpaired) electrons. The number of carbonyl (C=O) groups excluding carboxylic acids is 1. The lowest BCUT2D eigenvalue weighted by Gasteiger charge is -2.11. The van der Waals surface area contributed by atoms with Crippen LogP contribution in [0.5, 0.6) is 0 Å². The molecule has 2 heterocycles. The number of aryl methyl sites for hydroxylation is 1. The number of aliphatic hydroxyl groups excluding tert-OH is 1. The topological polar surface area (TPSA) is 62.2 Å². The Morgan fingerprint density at radius 1 is 1.58 bits per heavy atom. The van der Waals surface area contributed by atoms with Crippen molar-refractivity contribution in [2.75, 3.05) is 6.54 Å². The van der Waals surface area contributed by atoms with Gasteiger partial charge >= 0.3 is 0 Å². The van der Waals surface area contributed by atoms with E-state index in [9.17, 15) is 9.90 Å². The Kier molecular flexibility index (Phi) is 4.68. The standard InChI is InChI=1S/C13H13BrN2O2S/c1-8-2-3-19-12(8)11(17)7-16-13(18)9-4-10(14)6-15-5-9/h2-6,11,17H,7H2,1H3,(H,16,18)/t11-/m1/s1. The summed E-state index contributed by atoms with van der Waals surface area (Å²) in [6, 6.07) is 3.63. The maximum atomic E-state index is 11.9. The van der Waals surface area contributed by atoms with E-state index in [1.165, 1.54) is 17.5 Å². The number of aromatic nitrogens is 1. The summed E-state index contributed by atoms with van der Waals surface area (Å²) in [5.41, 5.74) is 1.50. The molecule has 2 aromatic heterocycles. The first-order valence-corrected chi connectivity index (χ1v) is 7.36. The second-order valence-electron chi connectivity index (χ2n) is 4.09. The smallest absolute Gasteiger partial charge is 0.252 e. The van der Waals surface area contributed by atoms with Crippen LogP contribution in [0.2, 0.25) is 0 Å². The van der Waals surface area contributed by atoms with E-state index in [2.05, 4.69) is 26.2 Å². The number of nitrogens with zero attached hydrogens (tertiary/aromatic N) is 1. The average molecular weight is 341 g/mol. The molecular weight excluding hydrogens is 328 g/mol. The van der Waals surface area contributed by atoms with Crippen LogP contribution in [0, 0.1) is 6.92 Å². The molecule has 2 rings (SSSR count). The normalized spacial score (nSPS) is 12.2. The van der Waals surface area contributed by atoms with Gasteiger partial charge in [0.05, 0.1) is 5.56 Å². The van der Waals surface area contributed by atoms with E-state index in [4.69, 9.17) is 0 Å². The van der Waals surface area contributed by atoms with E-state index in [1.807, 2.05) is 18.4 Å². The SMILES string of the molecule is Cc1ccsc1[C@H](O)CNC(=O)c1cncc(Br)c1. The minimum atomic E-state index is -0.677. The molecule has 0 fully saturated rings. The number of nitrogens with one attached hydrogen (secondary N) is 1. The summed E-state index contributed by atoms with van der Waals surface area (Å²) in [7, 11) is 0. The Balaban J connectivity index is 1.96. The molecule has 0 bridgehead atoms. The minimum absolute atomic E-state index is 0.187. The van der Waals surface area contributed by atoms with Crippen LogP contribution in [0.15, 0.2) is 34.4 Å². The molecule has 0 saturated heterocycles. The fourth-order valence-corrected chi connectivity index (χ4v) is 2.92. The van der Waals surface area contributed by atoms with Crippen molar-refractivity contribution in [3.63, 3.8) is 0 Å². The Bertz CT molecular complexity index is 586. The molecule has 19 heavy (non-hydrogen) atoms. The zero-order valence-corrected chi connectivity index (χ0v) is 12.7. The number of pyridine rings is 1. The summed E-state index contributed by atoms with van der Waals surface area (Å²) in [5, 5.41) is 14.6. The summed E-state index contributed by atoms with van der Waals surface area (Å²) in [6.45, 7) is 2.13. The van der Waals surface area contributed by atoms with E-state index >= 15 is 0 Å². The van der Waals surface area contributed by atoms with Crippen molar-refractivity contribution in [2.24, 2.45) is 0 Å². The number of carbonyl (C=O) groups is 1. The van der Waals surface area contributed by atoms with Crippen LogP contribution in [0.4, 0.5) is 0 Å². The van der Waals surface area contributed by atoms with Crippen LogP contribution >= 0.6 is 27.3 Å². The minimum Gasteiger partial charge on any atom is -0.386 e. The Morgan fingerprint density at radius 2 is 2.37 bits per heavy atom. The molecule has 0 aliphatic heterocycles. The van der Waals surface area contributed by atoms with Gasteiger partial charge in [0.25, 0.3) is 5.91 Å². The van der Waals surface area contributed by atoms with Gasteiger partial charge in [-0.2, -0.15) is 0 Å². The number of hydrogen-bond acceptors (Lipinski definition) is 4. The number of halogens is 1. The van der Waals surface area contributed by atoms with Gasteiger partial charge in [-0.05, 0) is 45.9 Å². The molecule has 100 valence electrons. The molecule has 4 nitrogen and oxygen atoms in total. The molecule has 0 aromatic carbocycles. The highest BCUT2D eigenvalue weighted by molar-refractivity contribution is 9.10. The monoisotopic (exact) mass is 340 g/mol. The maximum absolute atomic E-state index is 11.9. The summed E-state index contributed by atoms with van der Waals surface area (Å²) >= 11 is 4.75. The van der Waals surface area contributed by atoms with Crippen molar-refractivity contribution >= 4 is 33.2 Å². The van der Waals surface area contributed by atoms with Crippen molar-refractivity contribution < 1.29 is 9.90 Å². The number of rotatable bonds is 4. The van der Waals surface area contributed by atoms with Crippen molar-refractivity contribution in [2.45, 2.75) is 13.0 Å². The third-order valence-corrected chi connectivity index (χ3v) is 4.18. The molecule has 6 heteroatoms. The largest absolute Gasteiger partial charge is 0.386 e. The summed E-state index contributed by atoms with van der Waals surface area (Å²) in [4.78, 5) is 16.7. The van der Waals surface area contributed by atoms with Gasteiger partial charge < -0.3 is 10.4 Å². The molecule has 2 aromatic rings. The van der Waals surface area contributed by atoms with E-state index in [0.717, 1.165) is 14.9 Å². The van der Waals surface area contributed by atoms with Gasteiger partial charge in [-0.15, -0.1) is 11.3 Å². The summed E-state index contributed by atoms with van der Waals surface area (Å²) in [5.74, 6) is -0.248. The first kappa shape index (κ1) is 14.2. The third-order valence-electron chi connectivity index (χ3n) is 2.63. The van der Waals surface area contributed by atoms with Crippen molar-refractivity contribution in [1.82, 2.24) is 10.3 Å². The van der Waals surface area contributed by atoms with Gasteiger partial charge in [-0.1, -0.05) is 0 Å². The predicted molar refractivity (Wildman–Crippen MR) is 78.3 cm³/mol. The first-order valence-electron chi connectivity index (χ1n) is 5.68. The first-order chi connectivity index (χ1) is 9.08. The van der Waals surface area contributed by atoms with E-state index < -0.39 is 6.10 Å². The molecular formula is C13H13BrN2O2S. The molecule has 0 spiro atoms. The van der Waals surface area contributed by atoms with Crippen molar-refractivity contribution in [3.05, 3.63) is 50.4 Å². The molecule has 1 atom stereocenters. The molecule has 1 amide bonds. The lowest BCUT2D eigenvalue weighted by Crippen LogP contribution is -2.28. The summed E-state index contributed by atoms with van der Waals surface area (Å²) < 4.78 is 0.745. The lowest BCUT2D eigenvalue weighted by atomic mass is 10.2. The van der Waals surface area contributed by atoms with Crippen LogP contribution in [0.3, 0.4) is 0 Å². The van der Waals surface area contributed by atoms with Gasteiger partial charge in [-0.25, -0.2) is 0 Å². The van der Waals surface area contributed by atoms with Gasteiger partial charge in [-0.3, -0.25) is 9.78 Å². The van der Waals surface area contributed by atoms with E-state index in [1.54, 1.807) is 12.3 Å². The molecule has 0 saturated carbocycles. The Morgan fingerprint density at radius 3 is 3.00 bits per heavy atom. The second kappa shape index (κ2) is 6.27. The quantitative estimate of drug-likeness (QED) is 0.899. The third kappa shape index (κ3) is 3.62. The maximum Gasteiger partial charge on any atom is 0.252 e. The molecule has 0 aliphatic carbocycles. The predicted octanol–water partition coefficient (Wildman–Crippen LogP) is 2.68. The lowest BCUT2D eigenvalue weighted by molar-refractivity contribution is 0.0917. The summed E-state index contributed by atoms with van der Waals surface area (Å²) in [6.07, 6.45) is 2.42. The highest BCUT2D eigenvalue weighted by atomic mass is 79.9. The fraction of sp³-hybridized carbons (Fsp3) is 0.231. The van der Waals surface area contributed by atoms with E-state index in [-0.39, 0.29) is 12.5 Å². The number of thiophene rings is 1. The van der Waals surface area contributed by atoms with Crippen LogP contribution < -0.4 is 5.32 Å². The zero-order chi connectivity index (χ0) is 13.8. The van der Waals surface area contributed by atoms with Crippen LogP contribution in [0.25, 0.3) is 0 Å². The van der Waals surface area contributed by atoms with Crippen LogP contribution in [-0.2, 0) is 0 Å². The van der Waals surface area contributed by atoms with Crippen molar-refractivity contribution in [3.8, 4) is 0 Å². The number of hydrogen-bond donors (Lipinski definition) is 2. The van der Waals surface area contributed by atoms with Gasteiger partial charge in [0.1, 0.15) is 6.10 Å². The van der Waals surface area contributed by atoms with Gasteiger partial charge in [0.15, 0.2) is 0 Å². The van der Waals surface area contributed by atoms with Crippen LogP contribution in [0.1, 0.15) is 26.9 Å². The Hall–Kier alpha value is -1.24. The fourth-order valence-electron chi connectivity index (χ4n) is 1.65. The number of amides is 1. The Labute approximate surface area is 123 Å². The van der Waals surface area contributed by atoms with Gasteiger partial charge in [0.2, 0.25) is 0 Å². The highest BCUT2D eigenvalue weighted by Gasteiger charge is 2.14.